The fourth-order valence-electron chi connectivity index (χ4n) is 1.67. The Morgan fingerprint density at radius 3 is 2.79 bits per heavy atom. The van der Waals surface area contributed by atoms with Crippen LogP contribution < -0.4 is 10.3 Å². The fourth-order valence-corrected chi connectivity index (χ4v) is 2.16. The second-order valence-electron chi connectivity index (χ2n) is 4.62. The van der Waals surface area contributed by atoms with E-state index in [2.05, 4.69) is 41.4 Å². The lowest BCUT2D eigenvalue weighted by molar-refractivity contribution is 0.430. The molecule has 0 aliphatic carbocycles. The van der Waals surface area contributed by atoms with Gasteiger partial charge in [0.2, 0.25) is 0 Å². The molecule has 0 bridgehead atoms. The average Bonchev–Trinajstić information content (AvgIpc) is 2.36. The number of hydrogen-bond donors (Lipinski definition) is 0. The van der Waals surface area contributed by atoms with E-state index in [1.54, 1.807) is 17.0 Å². The summed E-state index contributed by atoms with van der Waals surface area (Å²) >= 11 is 2.17. The average molecular weight is 370 g/mol. The normalized spacial score (nSPS) is 10.7. The predicted octanol–water partition coefficient (Wildman–Crippen LogP) is 3.30. The largest absolute Gasteiger partial charge is 0.434 e. The van der Waals surface area contributed by atoms with Crippen molar-refractivity contribution in [1.82, 2.24) is 9.55 Å². The van der Waals surface area contributed by atoms with E-state index in [0.29, 0.717) is 18.2 Å². The Morgan fingerprint density at radius 2 is 2.11 bits per heavy atom. The molecular formula is C14H15IN2O2. The van der Waals surface area contributed by atoms with Gasteiger partial charge in [0.15, 0.2) is 0 Å². The summed E-state index contributed by atoms with van der Waals surface area (Å²) in [7, 11) is 0. The van der Waals surface area contributed by atoms with Crippen LogP contribution in [0.5, 0.6) is 11.6 Å². The lowest BCUT2D eigenvalue weighted by atomic mass is 10.2. The van der Waals surface area contributed by atoms with E-state index >= 15 is 0 Å². The number of benzene rings is 1. The maximum Gasteiger partial charge on any atom is 0.313 e. The molecule has 100 valence electrons. The molecular weight excluding hydrogens is 355 g/mol. The number of para-hydroxylation sites is 1. The third-order valence-corrected chi connectivity index (χ3v) is 3.38. The Kier molecular flexibility index (Phi) is 4.57. The van der Waals surface area contributed by atoms with E-state index in [9.17, 15) is 4.79 Å². The third-order valence-electron chi connectivity index (χ3n) is 2.49. The molecule has 1 heterocycles. The molecule has 19 heavy (non-hydrogen) atoms. The molecule has 1 aromatic carbocycles. The monoisotopic (exact) mass is 370 g/mol. The maximum absolute atomic E-state index is 12.2. The van der Waals surface area contributed by atoms with Gasteiger partial charge in [0.25, 0.3) is 5.88 Å². The van der Waals surface area contributed by atoms with Crippen LogP contribution in [0.1, 0.15) is 13.8 Å². The molecule has 0 amide bonds. The molecule has 5 heteroatoms. The van der Waals surface area contributed by atoms with Crippen LogP contribution in [-0.2, 0) is 6.54 Å². The summed E-state index contributed by atoms with van der Waals surface area (Å²) in [5, 5.41) is 0. The number of hydrogen-bond acceptors (Lipinski definition) is 3. The van der Waals surface area contributed by atoms with Crippen molar-refractivity contribution in [3.63, 3.8) is 0 Å². The van der Waals surface area contributed by atoms with Crippen LogP contribution in [0.3, 0.4) is 0 Å². The van der Waals surface area contributed by atoms with Gasteiger partial charge in [0.05, 0.1) is 3.57 Å². The third kappa shape index (κ3) is 3.56. The Bertz CT molecular complexity index is 623. The van der Waals surface area contributed by atoms with Crippen LogP contribution in [-0.4, -0.2) is 9.55 Å². The molecule has 4 nitrogen and oxygen atoms in total. The van der Waals surface area contributed by atoms with Gasteiger partial charge >= 0.3 is 5.56 Å². The molecule has 0 radical (unpaired) electrons. The smallest absolute Gasteiger partial charge is 0.313 e. The highest BCUT2D eigenvalue weighted by Crippen LogP contribution is 2.23. The molecule has 0 unspecified atom stereocenters. The first-order valence-electron chi connectivity index (χ1n) is 6.05. The van der Waals surface area contributed by atoms with Crippen LogP contribution in [0, 0.1) is 9.49 Å². The summed E-state index contributed by atoms with van der Waals surface area (Å²) in [5.74, 6) is 1.16. The van der Waals surface area contributed by atoms with E-state index < -0.39 is 0 Å². The molecule has 2 rings (SSSR count). The molecule has 0 aliphatic heterocycles. The van der Waals surface area contributed by atoms with E-state index in [-0.39, 0.29) is 11.4 Å². The molecule has 0 spiro atoms. The standard InChI is InChI=1S/C14H15IN2O2/c1-10(2)9-17-8-7-16-13(14(17)18)19-12-6-4-3-5-11(12)15/h3-8,10H,9H2,1-2H3. The van der Waals surface area contributed by atoms with Gasteiger partial charge in [-0.1, -0.05) is 26.0 Å². The van der Waals surface area contributed by atoms with Gasteiger partial charge in [0.1, 0.15) is 5.75 Å². The summed E-state index contributed by atoms with van der Waals surface area (Å²) in [6.45, 7) is 4.78. The number of ether oxygens (including phenoxy) is 1. The zero-order chi connectivity index (χ0) is 13.8. The van der Waals surface area contributed by atoms with Gasteiger partial charge in [-0.05, 0) is 40.6 Å². The van der Waals surface area contributed by atoms with Crippen LogP contribution >= 0.6 is 22.6 Å². The summed E-state index contributed by atoms with van der Waals surface area (Å²) < 4.78 is 8.18. The highest BCUT2D eigenvalue weighted by Gasteiger charge is 2.09. The van der Waals surface area contributed by atoms with Gasteiger partial charge in [0, 0.05) is 18.9 Å². The lowest BCUT2D eigenvalue weighted by Gasteiger charge is -2.10. The highest BCUT2D eigenvalue weighted by atomic mass is 127. The summed E-state index contributed by atoms with van der Waals surface area (Å²) in [4.78, 5) is 16.2. The minimum absolute atomic E-state index is 0.118. The van der Waals surface area contributed by atoms with Gasteiger partial charge in [-0.2, -0.15) is 0 Å². The first-order valence-corrected chi connectivity index (χ1v) is 7.13. The van der Waals surface area contributed by atoms with Crippen molar-refractivity contribution in [2.75, 3.05) is 0 Å². The zero-order valence-corrected chi connectivity index (χ0v) is 13.0. The maximum atomic E-state index is 12.2. The van der Waals surface area contributed by atoms with Crippen molar-refractivity contribution in [3.8, 4) is 11.6 Å². The van der Waals surface area contributed by atoms with Crippen molar-refractivity contribution in [2.45, 2.75) is 20.4 Å². The zero-order valence-electron chi connectivity index (χ0n) is 10.8. The first-order chi connectivity index (χ1) is 9.08. The van der Waals surface area contributed by atoms with Gasteiger partial charge in [-0.25, -0.2) is 4.98 Å². The Hall–Kier alpha value is -1.37. The van der Waals surface area contributed by atoms with Crippen LogP contribution in [0.2, 0.25) is 0 Å². The topological polar surface area (TPSA) is 44.1 Å². The molecule has 0 fully saturated rings. The molecule has 0 atom stereocenters. The Labute approximate surface area is 125 Å². The van der Waals surface area contributed by atoms with E-state index in [1.807, 2.05) is 24.3 Å². The van der Waals surface area contributed by atoms with Gasteiger partial charge < -0.3 is 9.30 Å². The fraction of sp³-hybridized carbons (Fsp3) is 0.286. The van der Waals surface area contributed by atoms with Crippen molar-refractivity contribution >= 4 is 22.6 Å². The van der Waals surface area contributed by atoms with Crippen LogP contribution in [0.15, 0.2) is 41.5 Å². The quantitative estimate of drug-likeness (QED) is 0.776. The minimum Gasteiger partial charge on any atom is -0.434 e. The Morgan fingerprint density at radius 1 is 1.37 bits per heavy atom. The number of aromatic nitrogens is 2. The summed E-state index contributed by atoms with van der Waals surface area (Å²) in [5.41, 5.74) is -0.198. The highest BCUT2D eigenvalue weighted by molar-refractivity contribution is 14.1. The van der Waals surface area contributed by atoms with Crippen molar-refractivity contribution in [1.29, 1.82) is 0 Å². The minimum atomic E-state index is -0.198. The predicted molar refractivity (Wildman–Crippen MR) is 82.6 cm³/mol. The number of halogens is 1. The van der Waals surface area contributed by atoms with Crippen molar-refractivity contribution < 1.29 is 4.74 Å². The number of nitrogens with zero attached hydrogens (tertiary/aromatic N) is 2. The molecule has 0 N–H and O–H groups in total. The summed E-state index contributed by atoms with van der Waals surface area (Å²) in [6, 6.07) is 7.53. The molecule has 0 saturated heterocycles. The van der Waals surface area contributed by atoms with E-state index in [0.717, 1.165) is 3.57 Å². The van der Waals surface area contributed by atoms with Crippen LogP contribution in [0.4, 0.5) is 0 Å². The molecule has 2 aromatic rings. The van der Waals surface area contributed by atoms with Crippen LogP contribution in [0.25, 0.3) is 0 Å². The molecule has 0 aliphatic rings. The second kappa shape index (κ2) is 6.18. The molecule has 0 saturated carbocycles. The SMILES string of the molecule is CC(C)Cn1ccnc(Oc2ccccc2I)c1=O. The first kappa shape index (κ1) is 14.0. The Balaban J connectivity index is 2.31. The van der Waals surface area contributed by atoms with Gasteiger partial charge in [-0.3, -0.25) is 4.79 Å². The lowest BCUT2D eigenvalue weighted by Crippen LogP contribution is -2.23. The number of rotatable bonds is 4. The van der Waals surface area contributed by atoms with E-state index in [1.165, 1.54) is 0 Å². The van der Waals surface area contributed by atoms with E-state index in [4.69, 9.17) is 4.74 Å². The van der Waals surface area contributed by atoms with Crippen molar-refractivity contribution in [2.24, 2.45) is 5.92 Å². The molecule has 1 aromatic heterocycles. The van der Waals surface area contributed by atoms with Crippen molar-refractivity contribution in [3.05, 3.63) is 50.6 Å². The van der Waals surface area contributed by atoms with Gasteiger partial charge in [-0.15, -0.1) is 0 Å². The summed E-state index contributed by atoms with van der Waals surface area (Å²) in [6.07, 6.45) is 3.28. The second-order valence-corrected chi connectivity index (χ2v) is 5.78.